The van der Waals surface area contributed by atoms with Crippen molar-refractivity contribution in [2.45, 2.75) is 6.92 Å². The fraction of sp³-hybridized carbons (Fsp3) is 0.143. The summed E-state index contributed by atoms with van der Waals surface area (Å²) in [6.45, 7) is 1.89. The fourth-order valence-electron chi connectivity index (χ4n) is 2.69. The molecule has 0 atom stereocenters. The summed E-state index contributed by atoms with van der Waals surface area (Å²) in [5.74, 6) is -0.343. The predicted octanol–water partition coefficient (Wildman–Crippen LogP) is 4.35. The molecule has 1 N–H and O–H groups in total. The lowest BCUT2D eigenvalue weighted by atomic mass is 10.1. The number of ketones is 1. The van der Waals surface area contributed by atoms with Gasteiger partial charge in [-0.25, -0.2) is 4.98 Å². The standard InChI is InChI=1S/C21H18N4O2S2/c1-14-19(20(27)24-28-2)23-21(29-14)25(17-10-8-15(12-22)9-11-17)13-18(26)16-6-4-3-5-7-16/h3-11H,13H2,1-2H3,(H,24,27). The summed E-state index contributed by atoms with van der Waals surface area (Å²) in [5.41, 5.74) is 2.18. The van der Waals surface area contributed by atoms with Gasteiger partial charge in [-0.2, -0.15) is 5.26 Å². The maximum absolute atomic E-state index is 12.9. The van der Waals surface area contributed by atoms with Crippen molar-refractivity contribution in [1.29, 1.82) is 5.26 Å². The molecule has 0 fully saturated rings. The zero-order chi connectivity index (χ0) is 20.8. The Labute approximate surface area is 177 Å². The van der Waals surface area contributed by atoms with Crippen molar-refractivity contribution in [3.63, 3.8) is 0 Å². The summed E-state index contributed by atoms with van der Waals surface area (Å²) in [6.07, 6.45) is 1.77. The first-order valence-electron chi connectivity index (χ1n) is 8.70. The zero-order valence-corrected chi connectivity index (χ0v) is 17.5. The molecule has 0 unspecified atom stereocenters. The Hall–Kier alpha value is -3.15. The maximum Gasteiger partial charge on any atom is 0.280 e. The third kappa shape index (κ3) is 4.83. The van der Waals surface area contributed by atoms with E-state index in [2.05, 4.69) is 15.8 Å². The van der Waals surface area contributed by atoms with E-state index in [1.807, 2.05) is 25.1 Å². The van der Waals surface area contributed by atoms with Crippen molar-refractivity contribution in [3.05, 3.63) is 76.3 Å². The highest BCUT2D eigenvalue weighted by Crippen LogP contribution is 2.32. The number of hydrogen-bond donors (Lipinski definition) is 1. The molecule has 0 saturated carbocycles. The molecule has 6 nitrogen and oxygen atoms in total. The first-order valence-corrected chi connectivity index (χ1v) is 10.7. The van der Waals surface area contributed by atoms with Crippen LogP contribution >= 0.6 is 23.3 Å². The van der Waals surface area contributed by atoms with Crippen LogP contribution < -0.4 is 9.62 Å². The van der Waals surface area contributed by atoms with Gasteiger partial charge in [0.2, 0.25) is 0 Å². The average Bonchev–Trinajstić information content (AvgIpc) is 3.14. The number of carbonyl (C=O) groups excluding carboxylic acids is 2. The molecule has 0 radical (unpaired) electrons. The van der Waals surface area contributed by atoms with Crippen molar-refractivity contribution < 1.29 is 9.59 Å². The molecular weight excluding hydrogens is 404 g/mol. The maximum atomic E-state index is 12.9. The van der Waals surface area contributed by atoms with E-state index in [9.17, 15) is 9.59 Å². The van der Waals surface area contributed by atoms with Crippen molar-refractivity contribution in [3.8, 4) is 6.07 Å². The summed E-state index contributed by atoms with van der Waals surface area (Å²) in [5, 5.41) is 9.60. The third-order valence-electron chi connectivity index (χ3n) is 4.13. The molecule has 0 aliphatic heterocycles. The van der Waals surface area contributed by atoms with E-state index in [-0.39, 0.29) is 18.2 Å². The molecule has 1 amide bonds. The van der Waals surface area contributed by atoms with E-state index < -0.39 is 0 Å². The summed E-state index contributed by atoms with van der Waals surface area (Å²) in [7, 11) is 0. The number of nitriles is 1. The van der Waals surface area contributed by atoms with Crippen LogP contribution in [0.3, 0.4) is 0 Å². The van der Waals surface area contributed by atoms with Gasteiger partial charge < -0.3 is 4.90 Å². The smallest absolute Gasteiger partial charge is 0.280 e. The summed E-state index contributed by atoms with van der Waals surface area (Å²) in [4.78, 5) is 32.1. The molecule has 0 bridgehead atoms. The fourth-order valence-corrected chi connectivity index (χ4v) is 3.90. The van der Waals surface area contributed by atoms with E-state index in [0.717, 1.165) is 10.6 Å². The molecule has 0 spiro atoms. The predicted molar refractivity (Wildman–Crippen MR) is 117 cm³/mol. The number of nitrogens with zero attached hydrogens (tertiary/aromatic N) is 3. The molecule has 2 aromatic carbocycles. The van der Waals surface area contributed by atoms with Gasteiger partial charge in [0.05, 0.1) is 18.2 Å². The van der Waals surface area contributed by atoms with Gasteiger partial charge in [-0.3, -0.25) is 14.3 Å². The Bertz CT molecular complexity index is 1060. The van der Waals surface area contributed by atoms with Crippen LogP contribution in [0, 0.1) is 18.3 Å². The first kappa shape index (κ1) is 20.6. The molecule has 29 heavy (non-hydrogen) atoms. The van der Waals surface area contributed by atoms with Crippen molar-refractivity contribution in [2.75, 3.05) is 17.7 Å². The lowest BCUT2D eigenvalue weighted by molar-refractivity contribution is 0.0978. The molecule has 146 valence electrons. The molecule has 3 rings (SSSR count). The number of thiazole rings is 1. The first-order chi connectivity index (χ1) is 14.0. The topological polar surface area (TPSA) is 86.1 Å². The lowest BCUT2D eigenvalue weighted by Gasteiger charge is -2.21. The van der Waals surface area contributed by atoms with Crippen LogP contribution in [-0.4, -0.2) is 29.5 Å². The third-order valence-corrected chi connectivity index (χ3v) is 5.51. The molecule has 8 heteroatoms. The Kier molecular flexibility index (Phi) is 6.65. The van der Waals surface area contributed by atoms with Gasteiger partial charge in [0.1, 0.15) is 5.69 Å². The van der Waals surface area contributed by atoms with Crippen molar-refractivity contribution in [2.24, 2.45) is 0 Å². The number of aromatic nitrogens is 1. The molecule has 1 aromatic heterocycles. The highest BCUT2D eigenvalue weighted by Gasteiger charge is 2.22. The number of carbonyl (C=O) groups is 2. The largest absolute Gasteiger partial charge is 0.310 e. The second kappa shape index (κ2) is 9.37. The second-order valence-electron chi connectivity index (χ2n) is 6.07. The normalized spacial score (nSPS) is 10.2. The number of amides is 1. The molecule has 0 aliphatic carbocycles. The van der Waals surface area contributed by atoms with Crippen molar-refractivity contribution >= 4 is 45.8 Å². The summed E-state index contributed by atoms with van der Waals surface area (Å²) >= 11 is 2.55. The minimum atomic E-state index is -0.272. The molecular formula is C21H18N4O2S2. The van der Waals surface area contributed by atoms with Gasteiger partial charge in [-0.1, -0.05) is 42.3 Å². The second-order valence-corrected chi connectivity index (χ2v) is 7.86. The number of rotatable bonds is 7. The molecule has 0 aliphatic rings. The molecule has 1 heterocycles. The van der Waals surface area contributed by atoms with Gasteiger partial charge in [0.15, 0.2) is 10.9 Å². The highest BCUT2D eigenvalue weighted by molar-refractivity contribution is 7.97. The van der Waals surface area contributed by atoms with Gasteiger partial charge >= 0.3 is 0 Å². The van der Waals surface area contributed by atoms with E-state index in [1.54, 1.807) is 47.6 Å². The van der Waals surface area contributed by atoms with Crippen molar-refractivity contribution in [1.82, 2.24) is 9.71 Å². The Balaban J connectivity index is 1.98. The number of aryl methyl sites for hydroxylation is 1. The van der Waals surface area contributed by atoms with Crippen LogP contribution in [0.4, 0.5) is 10.8 Å². The van der Waals surface area contributed by atoms with Crippen LogP contribution in [0.1, 0.15) is 31.3 Å². The van der Waals surface area contributed by atoms with Gasteiger partial charge in [-0.05, 0) is 31.2 Å². The lowest BCUT2D eigenvalue weighted by Crippen LogP contribution is -2.25. The van der Waals surface area contributed by atoms with Crippen LogP contribution in [-0.2, 0) is 0 Å². The zero-order valence-electron chi connectivity index (χ0n) is 15.9. The Morgan fingerprint density at radius 1 is 1.17 bits per heavy atom. The number of nitrogens with one attached hydrogen (secondary N) is 1. The number of benzene rings is 2. The van der Waals surface area contributed by atoms with Crippen LogP contribution in [0.15, 0.2) is 54.6 Å². The molecule has 3 aromatic rings. The quantitative estimate of drug-likeness (QED) is 0.450. The average molecular weight is 423 g/mol. The molecule has 0 saturated heterocycles. The Morgan fingerprint density at radius 2 is 1.86 bits per heavy atom. The number of hydrogen-bond acceptors (Lipinski definition) is 7. The van der Waals surface area contributed by atoms with E-state index in [1.165, 1.54) is 23.3 Å². The van der Waals surface area contributed by atoms with Gasteiger partial charge in [0.25, 0.3) is 5.91 Å². The van der Waals surface area contributed by atoms with Crippen LogP contribution in [0.2, 0.25) is 0 Å². The van der Waals surface area contributed by atoms with Gasteiger partial charge in [0, 0.05) is 22.4 Å². The number of Topliss-reactive ketones (excluding diaryl/α,β-unsaturated/α-hetero) is 1. The van der Waals surface area contributed by atoms with E-state index >= 15 is 0 Å². The van der Waals surface area contributed by atoms with E-state index in [4.69, 9.17) is 5.26 Å². The highest BCUT2D eigenvalue weighted by atomic mass is 32.2. The monoisotopic (exact) mass is 422 g/mol. The minimum Gasteiger partial charge on any atom is -0.310 e. The summed E-state index contributed by atoms with van der Waals surface area (Å²) in [6, 6.07) is 18.0. The van der Waals surface area contributed by atoms with E-state index in [0.29, 0.717) is 22.0 Å². The Morgan fingerprint density at radius 3 is 2.48 bits per heavy atom. The van der Waals surface area contributed by atoms with Crippen LogP contribution in [0.5, 0.6) is 0 Å². The van der Waals surface area contributed by atoms with Crippen LogP contribution in [0.25, 0.3) is 0 Å². The number of anilines is 2. The van der Waals surface area contributed by atoms with Gasteiger partial charge in [-0.15, -0.1) is 11.3 Å². The minimum absolute atomic E-state index is 0.0620. The summed E-state index contributed by atoms with van der Waals surface area (Å²) < 4.78 is 2.68. The SMILES string of the molecule is CSNC(=O)c1nc(N(CC(=O)c2ccccc2)c2ccc(C#N)cc2)sc1C.